The average molecular weight is 287 g/mol. The minimum Gasteiger partial charge on any atom is -0.469 e. The van der Waals surface area contributed by atoms with Gasteiger partial charge in [0.05, 0.1) is 18.8 Å². The number of carbonyl (C=O) groups is 2. The number of hydrogen-bond acceptors (Lipinski definition) is 4. The van der Waals surface area contributed by atoms with E-state index in [0.29, 0.717) is 5.75 Å². The molecule has 4 nitrogen and oxygen atoms in total. The van der Waals surface area contributed by atoms with Crippen molar-refractivity contribution in [3.05, 3.63) is 0 Å². The van der Waals surface area contributed by atoms with Crippen LogP contribution in [-0.2, 0) is 14.3 Å². The average Bonchev–Trinajstić information content (AvgIpc) is 2.43. The highest BCUT2D eigenvalue weighted by atomic mass is 32.2. The maximum absolute atomic E-state index is 11.7. The molecule has 0 radical (unpaired) electrons. The van der Waals surface area contributed by atoms with Gasteiger partial charge in [-0.3, -0.25) is 9.59 Å². The summed E-state index contributed by atoms with van der Waals surface area (Å²) >= 11 is 1.70. The van der Waals surface area contributed by atoms with Gasteiger partial charge in [-0.15, -0.1) is 0 Å². The van der Waals surface area contributed by atoms with E-state index in [9.17, 15) is 9.59 Å². The van der Waals surface area contributed by atoms with Gasteiger partial charge < -0.3 is 10.1 Å². The van der Waals surface area contributed by atoms with Gasteiger partial charge >= 0.3 is 5.97 Å². The van der Waals surface area contributed by atoms with Gasteiger partial charge in [-0.2, -0.15) is 11.8 Å². The van der Waals surface area contributed by atoms with E-state index in [4.69, 9.17) is 4.74 Å². The zero-order valence-electron chi connectivity index (χ0n) is 11.9. The Balaban J connectivity index is 2.14. The van der Waals surface area contributed by atoms with E-state index < -0.39 is 0 Å². The molecule has 1 saturated carbocycles. The molecule has 0 atom stereocenters. The molecule has 0 aromatic rings. The number of methoxy groups -OCH3 is 1. The van der Waals surface area contributed by atoms with Crippen LogP contribution in [0.4, 0.5) is 0 Å². The molecule has 110 valence electrons. The summed E-state index contributed by atoms with van der Waals surface area (Å²) in [5.41, 5.74) is 0. The molecule has 0 heterocycles. The molecule has 1 amide bonds. The number of thioether (sulfide) groups is 1. The Morgan fingerprint density at radius 3 is 2.53 bits per heavy atom. The molecule has 1 aliphatic rings. The van der Waals surface area contributed by atoms with E-state index in [1.807, 2.05) is 0 Å². The topological polar surface area (TPSA) is 55.4 Å². The normalized spacial score (nSPS) is 22.8. The highest BCUT2D eigenvalue weighted by Gasteiger charge is 2.27. The van der Waals surface area contributed by atoms with Crippen LogP contribution in [0.5, 0.6) is 0 Å². The summed E-state index contributed by atoms with van der Waals surface area (Å²) in [5, 5.41) is 3.06. The number of amides is 1. The molecule has 5 heteroatoms. The summed E-state index contributed by atoms with van der Waals surface area (Å²) < 4.78 is 4.75. The van der Waals surface area contributed by atoms with Gasteiger partial charge in [0.25, 0.3) is 0 Å². The number of rotatable bonds is 7. The standard InChI is InChI=1S/C14H25NO3S/c1-3-4-9-19-10-13(16)15-12-7-5-11(6-8-12)14(17)18-2/h11-12H,3-10H2,1-2H3,(H,15,16). The van der Waals surface area contributed by atoms with Crippen molar-refractivity contribution in [1.82, 2.24) is 5.32 Å². The van der Waals surface area contributed by atoms with Gasteiger partial charge in [0, 0.05) is 6.04 Å². The fourth-order valence-corrected chi connectivity index (χ4v) is 3.23. The van der Waals surface area contributed by atoms with Gasteiger partial charge in [-0.05, 0) is 37.9 Å². The Hall–Kier alpha value is -0.710. The maximum Gasteiger partial charge on any atom is 0.308 e. The van der Waals surface area contributed by atoms with E-state index >= 15 is 0 Å². The Labute approximate surface area is 120 Å². The summed E-state index contributed by atoms with van der Waals surface area (Å²) in [4.78, 5) is 23.1. The molecule has 0 spiro atoms. The van der Waals surface area contributed by atoms with Crippen molar-refractivity contribution in [2.75, 3.05) is 18.6 Å². The van der Waals surface area contributed by atoms with Crippen LogP contribution in [0.3, 0.4) is 0 Å². The Morgan fingerprint density at radius 2 is 1.95 bits per heavy atom. The second-order valence-corrected chi connectivity index (χ2v) is 6.15. The third-order valence-corrected chi connectivity index (χ3v) is 4.55. The first kappa shape index (κ1) is 16.3. The number of esters is 1. The molecule has 0 unspecified atom stereocenters. The lowest BCUT2D eigenvalue weighted by Gasteiger charge is -2.27. The van der Waals surface area contributed by atoms with E-state index in [2.05, 4.69) is 12.2 Å². The molecule has 0 saturated heterocycles. The van der Waals surface area contributed by atoms with Crippen molar-refractivity contribution in [2.45, 2.75) is 51.5 Å². The van der Waals surface area contributed by atoms with E-state index in [1.165, 1.54) is 20.0 Å². The molecule has 1 N–H and O–H groups in total. The van der Waals surface area contributed by atoms with Crippen LogP contribution >= 0.6 is 11.8 Å². The number of unbranched alkanes of at least 4 members (excludes halogenated alkanes) is 1. The number of carbonyl (C=O) groups excluding carboxylic acids is 2. The predicted molar refractivity (Wildman–Crippen MR) is 78.1 cm³/mol. The molecule has 1 rings (SSSR count). The SMILES string of the molecule is CCCCSCC(=O)NC1CCC(C(=O)OC)CC1. The first-order chi connectivity index (χ1) is 9.17. The highest BCUT2D eigenvalue weighted by molar-refractivity contribution is 7.99. The summed E-state index contributed by atoms with van der Waals surface area (Å²) in [7, 11) is 1.43. The van der Waals surface area contributed by atoms with Gasteiger partial charge in [-0.25, -0.2) is 0 Å². The smallest absolute Gasteiger partial charge is 0.308 e. The summed E-state index contributed by atoms with van der Waals surface area (Å²) in [6.07, 6.45) is 5.74. The van der Waals surface area contributed by atoms with Crippen LogP contribution in [-0.4, -0.2) is 36.5 Å². The lowest BCUT2D eigenvalue weighted by atomic mass is 9.86. The van der Waals surface area contributed by atoms with Crippen LogP contribution < -0.4 is 5.32 Å². The van der Waals surface area contributed by atoms with E-state index in [1.54, 1.807) is 11.8 Å². The third-order valence-electron chi connectivity index (χ3n) is 3.50. The second kappa shape index (κ2) is 9.23. The largest absolute Gasteiger partial charge is 0.469 e. The molecular weight excluding hydrogens is 262 g/mol. The fraction of sp³-hybridized carbons (Fsp3) is 0.857. The molecule has 0 aliphatic heterocycles. The van der Waals surface area contributed by atoms with Crippen LogP contribution in [0.1, 0.15) is 45.4 Å². The van der Waals surface area contributed by atoms with Crippen molar-refractivity contribution >= 4 is 23.6 Å². The number of nitrogens with one attached hydrogen (secondary N) is 1. The summed E-state index contributed by atoms with van der Waals surface area (Å²) in [6, 6.07) is 0.236. The Kier molecular flexibility index (Phi) is 7.94. The monoisotopic (exact) mass is 287 g/mol. The quantitative estimate of drug-likeness (QED) is 0.577. The van der Waals surface area contributed by atoms with Crippen LogP contribution in [0.15, 0.2) is 0 Å². The van der Waals surface area contributed by atoms with Crippen molar-refractivity contribution < 1.29 is 14.3 Å². The van der Waals surface area contributed by atoms with Crippen molar-refractivity contribution in [1.29, 1.82) is 0 Å². The van der Waals surface area contributed by atoms with Crippen LogP contribution in [0, 0.1) is 5.92 Å². The predicted octanol–water partition coefficient (Wildman–Crippen LogP) is 2.37. The molecule has 0 bridgehead atoms. The van der Waals surface area contributed by atoms with Crippen molar-refractivity contribution in [3.63, 3.8) is 0 Å². The highest BCUT2D eigenvalue weighted by Crippen LogP contribution is 2.25. The third kappa shape index (κ3) is 6.32. The van der Waals surface area contributed by atoms with Gasteiger partial charge in [0.15, 0.2) is 0 Å². The van der Waals surface area contributed by atoms with Crippen molar-refractivity contribution in [2.24, 2.45) is 5.92 Å². The molecule has 19 heavy (non-hydrogen) atoms. The molecule has 0 aromatic heterocycles. The first-order valence-electron chi connectivity index (χ1n) is 7.12. The minimum absolute atomic E-state index is 0.0251. The Bertz CT molecular complexity index is 288. The zero-order valence-corrected chi connectivity index (χ0v) is 12.8. The van der Waals surface area contributed by atoms with Gasteiger partial charge in [-0.1, -0.05) is 13.3 Å². The van der Waals surface area contributed by atoms with Crippen LogP contribution in [0.25, 0.3) is 0 Å². The maximum atomic E-state index is 11.7. The molecule has 1 aliphatic carbocycles. The van der Waals surface area contributed by atoms with Gasteiger partial charge in [0.2, 0.25) is 5.91 Å². The summed E-state index contributed by atoms with van der Waals surface area (Å²) in [6.45, 7) is 2.15. The second-order valence-electron chi connectivity index (χ2n) is 5.05. The first-order valence-corrected chi connectivity index (χ1v) is 8.27. The van der Waals surface area contributed by atoms with Gasteiger partial charge in [0.1, 0.15) is 0 Å². The lowest BCUT2D eigenvalue weighted by molar-refractivity contribution is -0.146. The van der Waals surface area contributed by atoms with Crippen molar-refractivity contribution in [3.8, 4) is 0 Å². The van der Waals surface area contributed by atoms with Crippen LogP contribution in [0.2, 0.25) is 0 Å². The minimum atomic E-state index is -0.111. The fourth-order valence-electron chi connectivity index (χ4n) is 2.32. The summed E-state index contributed by atoms with van der Waals surface area (Å²) in [5.74, 6) is 1.65. The number of hydrogen-bond donors (Lipinski definition) is 1. The Morgan fingerprint density at radius 1 is 1.26 bits per heavy atom. The number of ether oxygens (including phenoxy) is 1. The molecule has 0 aromatic carbocycles. The molecular formula is C14H25NO3S. The lowest BCUT2D eigenvalue weighted by Crippen LogP contribution is -2.39. The zero-order chi connectivity index (χ0) is 14.1. The van der Waals surface area contributed by atoms with E-state index in [-0.39, 0.29) is 23.8 Å². The molecule has 1 fully saturated rings. The van der Waals surface area contributed by atoms with E-state index in [0.717, 1.165) is 31.4 Å².